The molecule has 3 aliphatic rings. The number of fused-ring (bicyclic) bond motifs is 1. The van der Waals surface area contributed by atoms with Crippen LogP contribution in [0.25, 0.3) is 0 Å². The molecule has 3 aliphatic heterocycles. The van der Waals surface area contributed by atoms with Crippen LogP contribution in [-0.4, -0.2) is 56.6 Å². The molecule has 0 aliphatic carbocycles. The summed E-state index contributed by atoms with van der Waals surface area (Å²) >= 11 is 6.32. The second kappa shape index (κ2) is 8.03. The van der Waals surface area contributed by atoms with Gasteiger partial charge in [-0.2, -0.15) is 0 Å². The summed E-state index contributed by atoms with van der Waals surface area (Å²) in [7, 11) is 0. The molecule has 7 heteroatoms. The molecule has 0 N–H and O–H groups in total. The minimum atomic E-state index is -0.0900. The third kappa shape index (κ3) is 3.92. The minimum Gasteiger partial charge on any atom is -0.489 e. The number of rotatable bonds is 3. The van der Waals surface area contributed by atoms with E-state index in [9.17, 15) is 4.79 Å². The van der Waals surface area contributed by atoms with Gasteiger partial charge < -0.3 is 23.8 Å². The van der Waals surface area contributed by atoms with E-state index in [1.165, 1.54) is 0 Å². The first-order valence-corrected chi connectivity index (χ1v) is 9.67. The number of hydrogen-bond donors (Lipinski definition) is 0. The Morgan fingerprint density at radius 2 is 1.81 bits per heavy atom. The Kier molecular flexibility index (Phi) is 5.52. The maximum atomic E-state index is 12.7. The molecule has 0 bridgehead atoms. The second-order valence-electron chi connectivity index (χ2n) is 6.96. The van der Waals surface area contributed by atoms with Crippen molar-refractivity contribution in [3.8, 4) is 11.5 Å². The van der Waals surface area contributed by atoms with Gasteiger partial charge in [-0.15, -0.1) is 0 Å². The van der Waals surface area contributed by atoms with Gasteiger partial charge in [0.15, 0.2) is 17.8 Å². The number of likely N-dealkylation sites (tertiary alicyclic amines) is 1. The lowest BCUT2D eigenvalue weighted by Gasteiger charge is -2.34. The van der Waals surface area contributed by atoms with Crippen LogP contribution in [-0.2, 0) is 20.7 Å². The van der Waals surface area contributed by atoms with E-state index in [4.69, 9.17) is 30.5 Å². The fourth-order valence-electron chi connectivity index (χ4n) is 3.74. The normalized spacial score (nSPS) is 21.7. The maximum Gasteiger partial charge on any atom is 0.226 e. The number of carbonyl (C=O) groups is 1. The lowest BCUT2D eigenvalue weighted by Crippen LogP contribution is -2.42. The molecule has 0 spiro atoms. The Morgan fingerprint density at radius 1 is 1.08 bits per heavy atom. The van der Waals surface area contributed by atoms with Crippen molar-refractivity contribution >= 4 is 17.5 Å². The molecule has 0 unspecified atom stereocenters. The summed E-state index contributed by atoms with van der Waals surface area (Å²) in [4.78, 5) is 14.6. The fraction of sp³-hybridized carbons (Fsp3) is 0.632. The highest BCUT2D eigenvalue weighted by Gasteiger charge is 2.31. The van der Waals surface area contributed by atoms with Gasteiger partial charge >= 0.3 is 0 Å². The zero-order valence-corrected chi connectivity index (χ0v) is 15.5. The van der Waals surface area contributed by atoms with Gasteiger partial charge in [-0.05, 0) is 30.5 Å². The Morgan fingerprint density at radius 3 is 2.58 bits per heavy atom. The highest BCUT2D eigenvalue weighted by molar-refractivity contribution is 6.32. The predicted octanol–water partition coefficient (Wildman–Crippen LogP) is 2.66. The van der Waals surface area contributed by atoms with Crippen molar-refractivity contribution in [3.63, 3.8) is 0 Å². The van der Waals surface area contributed by atoms with Gasteiger partial charge in [0.1, 0.15) is 0 Å². The van der Waals surface area contributed by atoms with Crippen molar-refractivity contribution < 1.29 is 23.7 Å². The number of nitrogens with zero attached hydrogens (tertiary/aromatic N) is 1. The summed E-state index contributed by atoms with van der Waals surface area (Å²) in [5.41, 5.74) is 0.855. The lowest BCUT2D eigenvalue weighted by atomic mass is 9.95. The van der Waals surface area contributed by atoms with E-state index in [2.05, 4.69) is 0 Å². The Balaban J connectivity index is 1.36. The van der Waals surface area contributed by atoms with Gasteiger partial charge in [-0.1, -0.05) is 11.6 Å². The summed E-state index contributed by atoms with van der Waals surface area (Å²) < 4.78 is 22.5. The number of benzene rings is 1. The number of hydrogen-bond acceptors (Lipinski definition) is 5. The van der Waals surface area contributed by atoms with Crippen molar-refractivity contribution in [3.05, 3.63) is 22.7 Å². The monoisotopic (exact) mass is 381 g/mol. The lowest BCUT2D eigenvalue weighted by molar-refractivity contribution is -0.136. The van der Waals surface area contributed by atoms with Crippen LogP contribution in [0.15, 0.2) is 12.1 Å². The zero-order chi connectivity index (χ0) is 17.9. The molecule has 142 valence electrons. The average Bonchev–Trinajstić information content (AvgIpc) is 3.08. The summed E-state index contributed by atoms with van der Waals surface area (Å²) in [5, 5.41) is 0.501. The van der Waals surface area contributed by atoms with E-state index >= 15 is 0 Å². The van der Waals surface area contributed by atoms with Gasteiger partial charge in [-0.3, -0.25) is 4.79 Å². The molecule has 0 atom stereocenters. The molecule has 0 aromatic heterocycles. The molecule has 0 radical (unpaired) electrons. The largest absolute Gasteiger partial charge is 0.489 e. The van der Waals surface area contributed by atoms with Gasteiger partial charge in [0.25, 0.3) is 0 Å². The van der Waals surface area contributed by atoms with Crippen molar-refractivity contribution in [2.75, 3.05) is 39.5 Å². The van der Waals surface area contributed by atoms with Crippen LogP contribution in [0.5, 0.6) is 11.5 Å². The molecular formula is C19H24ClNO5. The first-order chi connectivity index (χ1) is 12.7. The molecule has 0 saturated carbocycles. The SMILES string of the molecule is O=C(Cc1cc(Cl)c2c(c1)OCCCO2)N1CCC(C2OCCO2)CC1. The van der Waals surface area contributed by atoms with Crippen molar-refractivity contribution in [2.45, 2.75) is 32.0 Å². The predicted molar refractivity (Wildman–Crippen MR) is 95.8 cm³/mol. The topological polar surface area (TPSA) is 57.2 Å². The van der Waals surface area contributed by atoms with Crippen LogP contribution >= 0.6 is 11.6 Å². The molecule has 1 aromatic rings. The number of carbonyl (C=O) groups excluding carboxylic acids is 1. The zero-order valence-electron chi connectivity index (χ0n) is 14.7. The molecule has 2 saturated heterocycles. The first-order valence-electron chi connectivity index (χ1n) is 9.30. The van der Waals surface area contributed by atoms with E-state index in [1.54, 1.807) is 6.07 Å². The van der Waals surface area contributed by atoms with Crippen LogP contribution in [0.4, 0.5) is 0 Å². The number of halogens is 1. The van der Waals surface area contributed by atoms with Gasteiger partial charge in [-0.25, -0.2) is 0 Å². The van der Waals surface area contributed by atoms with Crippen LogP contribution in [0, 0.1) is 5.92 Å². The Hall–Kier alpha value is -1.50. The Bertz CT molecular complexity index is 654. The molecule has 1 aromatic carbocycles. The van der Waals surface area contributed by atoms with Crippen LogP contribution in [0.1, 0.15) is 24.8 Å². The van der Waals surface area contributed by atoms with E-state index < -0.39 is 0 Å². The highest BCUT2D eigenvalue weighted by atomic mass is 35.5. The third-order valence-corrected chi connectivity index (χ3v) is 5.42. The number of ether oxygens (including phenoxy) is 4. The number of amides is 1. The summed E-state index contributed by atoms with van der Waals surface area (Å²) in [6.45, 7) is 4.02. The van der Waals surface area contributed by atoms with E-state index in [0.717, 1.165) is 37.9 Å². The van der Waals surface area contributed by atoms with Crippen molar-refractivity contribution in [2.24, 2.45) is 5.92 Å². The smallest absolute Gasteiger partial charge is 0.226 e. The second-order valence-corrected chi connectivity index (χ2v) is 7.37. The van der Waals surface area contributed by atoms with Gasteiger partial charge in [0.05, 0.1) is 37.9 Å². The third-order valence-electron chi connectivity index (χ3n) is 5.14. The average molecular weight is 382 g/mol. The van der Waals surface area contributed by atoms with Crippen LogP contribution in [0.2, 0.25) is 5.02 Å². The van der Waals surface area contributed by atoms with Crippen molar-refractivity contribution in [1.29, 1.82) is 0 Å². The molecule has 26 heavy (non-hydrogen) atoms. The molecule has 6 nitrogen and oxygen atoms in total. The van der Waals surface area contributed by atoms with Crippen LogP contribution < -0.4 is 9.47 Å². The fourth-order valence-corrected chi connectivity index (χ4v) is 4.03. The van der Waals surface area contributed by atoms with Gasteiger partial charge in [0, 0.05) is 25.4 Å². The summed E-state index contributed by atoms with van der Waals surface area (Å²) in [6, 6.07) is 3.68. The maximum absolute atomic E-state index is 12.7. The first kappa shape index (κ1) is 17.9. The molecule has 1 amide bonds. The summed E-state index contributed by atoms with van der Waals surface area (Å²) in [6.07, 6.45) is 2.88. The summed E-state index contributed by atoms with van der Waals surface area (Å²) in [5.74, 6) is 1.71. The van der Waals surface area contributed by atoms with Crippen LogP contribution in [0.3, 0.4) is 0 Å². The quantitative estimate of drug-likeness (QED) is 0.805. The van der Waals surface area contributed by atoms with Gasteiger partial charge in [0.2, 0.25) is 5.91 Å². The Labute approximate surface area is 158 Å². The molecule has 4 rings (SSSR count). The highest BCUT2D eigenvalue weighted by Crippen LogP contribution is 2.38. The standard InChI is InChI=1S/C19H24ClNO5/c20-15-10-13(11-16-18(15)24-7-1-6-23-16)12-17(22)21-4-2-14(3-5-21)19-25-8-9-26-19/h10-11,14,19H,1-9,12H2. The molecular weight excluding hydrogens is 358 g/mol. The minimum absolute atomic E-state index is 0.0900. The molecule has 3 heterocycles. The van der Waals surface area contributed by atoms with E-state index in [0.29, 0.717) is 55.3 Å². The number of piperidine rings is 1. The molecule has 2 fully saturated rings. The van der Waals surface area contributed by atoms with E-state index in [-0.39, 0.29) is 12.2 Å². The van der Waals surface area contributed by atoms with Crippen molar-refractivity contribution in [1.82, 2.24) is 4.90 Å². The van der Waals surface area contributed by atoms with E-state index in [1.807, 2.05) is 11.0 Å².